The number of aryl methyl sites for hydroxylation is 1. The van der Waals surface area contributed by atoms with Crippen molar-refractivity contribution >= 4 is 35.1 Å². The van der Waals surface area contributed by atoms with Gasteiger partial charge in [-0.05, 0) is 37.1 Å². The average Bonchev–Trinajstić information content (AvgIpc) is 2.99. The number of nitrogens with two attached hydrogens (primary N) is 1. The second-order valence-corrected chi connectivity index (χ2v) is 6.17. The molecule has 2 aromatic rings. The summed E-state index contributed by atoms with van der Waals surface area (Å²) in [7, 11) is 0. The van der Waals surface area contributed by atoms with E-state index in [4.69, 9.17) is 17.3 Å². The fraction of sp³-hybridized carbons (Fsp3) is 0.312. The zero-order valence-electron chi connectivity index (χ0n) is 13.3. The molecule has 0 bridgehead atoms. The molecular formula is C16H19ClN6O. The predicted molar refractivity (Wildman–Crippen MR) is 95.4 cm³/mol. The number of rotatable bonds is 3. The Bertz CT molecular complexity index is 753. The number of benzene rings is 1. The van der Waals surface area contributed by atoms with Crippen molar-refractivity contribution in [2.45, 2.75) is 19.4 Å². The molecule has 0 aliphatic carbocycles. The number of carbonyl (C=O) groups is 1. The van der Waals surface area contributed by atoms with E-state index in [1.165, 1.54) is 0 Å². The van der Waals surface area contributed by atoms with Gasteiger partial charge in [0, 0.05) is 36.0 Å². The lowest BCUT2D eigenvalue weighted by Crippen LogP contribution is -2.39. The van der Waals surface area contributed by atoms with E-state index in [1.54, 1.807) is 12.3 Å². The van der Waals surface area contributed by atoms with Crippen molar-refractivity contribution in [3.05, 3.63) is 41.0 Å². The molecule has 2 amide bonds. The third kappa shape index (κ3) is 3.86. The van der Waals surface area contributed by atoms with Gasteiger partial charge in [0.2, 0.25) is 5.95 Å². The van der Waals surface area contributed by atoms with Gasteiger partial charge < -0.3 is 21.3 Å². The molecule has 1 fully saturated rings. The number of nitrogens with zero attached hydrogens (tertiary/aromatic N) is 3. The van der Waals surface area contributed by atoms with E-state index in [9.17, 15) is 4.79 Å². The van der Waals surface area contributed by atoms with Crippen LogP contribution in [0.25, 0.3) is 0 Å². The topological polar surface area (TPSA) is 96.2 Å². The number of halogens is 1. The predicted octanol–water partition coefficient (Wildman–Crippen LogP) is 2.42. The zero-order chi connectivity index (χ0) is 17.1. The number of hydrogen-bond acceptors (Lipinski definition) is 5. The van der Waals surface area contributed by atoms with Crippen LogP contribution in [-0.2, 0) is 0 Å². The van der Waals surface area contributed by atoms with Crippen molar-refractivity contribution < 1.29 is 4.79 Å². The Morgan fingerprint density at radius 2 is 2.25 bits per heavy atom. The molecule has 3 rings (SSSR count). The summed E-state index contributed by atoms with van der Waals surface area (Å²) >= 11 is 6.07. The van der Waals surface area contributed by atoms with Gasteiger partial charge in [-0.15, -0.1) is 0 Å². The minimum Gasteiger partial charge on any atom is -0.368 e. The molecule has 7 nitrogen and oxygen atoms in total. The number of anilines is 3. The molecule has 126 valence electrons. The molecule has 1 saturated heterocycles. The van der Waals surface area contributed by atoms with Crippen molar-refractivity contribution in [2.75, 3.05) is 29.0 Å². The molecule has 2 heterocycles. The van der Waals surface area contributed by atoms with Crippen molar-refractivity contribution in [1.82, 2.24) is 15.3 Å². The highest BCUT2D eigenvalue weighted by Gasteiger charge is 2.25. The van der Waals surface area contributed by atoms with Gasteiger partial charge in [0.05, 0.1) is 0 Å². The third-order valence-electron chi connectivity index (χ3n) is 3.94. The molecule has 0 unspecified atom stereocenters. The van der Waals surface area contributed by atoms with Gasteiger partial charge in [-0.1, -0.05) is 17.7 Å². The van der Waals surface area contributed by atoms with Crippen LogP contribution in [0.3, 0.4) is 0 Å². The van der Waals surface area contributed by atoms with E-state index in [2.05, 4.69) is 25.5 Å². The normalized spacial score (nSPS) is 16.9. The van der Waals surface area contributed by atoms with Crippen LogP contribution in [0.4, 0.5) is 22.2 Å². The quantitative estimate of drug-likeness (QED) is 0.793. The molecule has 1 aliphatic rings. The van der Waals surface area contributed by atoms with Crippen LogP contribution in [-0.4, -0.2) is 35.1 Å². The summed E-state index contributed by atoms with van der Waals surface area (Å²) in [6.45, 7) is 3.40. The van der Waals surface area contributed by atoms with Gasteiger partial charge in [0.15, 0.2) is 0 Å². The second kappa shape index (κ2) is 6.92. The summed E-state index contributed by atoms with van der Waals surface area (Å²) in [4.78, 5) is 22.3. The monoisotopic (exact) mass is 346 g/mol. The Kier molecular flexibility index (Phi) is 4.71. The summed E-state index contributed by atoms with van der Waals surface area (Å²) < 4.78 is 0. The minimum absolute atomic E-state index is 0.0436. The first kappa shape index (κ1) is 16.3. The molecule has 1 atom stereocenters. The highest BCUT2D eigenvalue weighted by atomic mass is 35.5. The number of nitrogen functional groups attached to an aromatic ring is 1. The van der Waals surface area contributed by atoms with Gasteiger partial charge in [-0.25, -0.2) is 9.78 Å². The van der Waals surface area contributed by atoms with Crippen LogP contribution in [0.1, 0.15) is 12.0 Å². The van der Waals surface area contributed by atoms with E-state index >= 15 is 0 Å². The first-order valence-corrected chi connectivity index (χ1v) is 8.06. The van der Waals surface area contributed by atoms with Gasteiger partial charge in [-0.3, -0.25) is 0 Å². The maximum absolute atomic E-state index is 12.1. The average molecular weight is 347 g/mol. The van der Waals surface area contributed by atoms with Crippen molar-refractivity contribution in [2.24, 2.45) is 0 Å². The summed E-state index contributed by atoms with van der Waals surface area (Å²) in [6, 6.07) is 7.04. The number of urea groups is 1. The first-order valence-electron chi connectivity index (χ1n) is 7.68. The van der Waals surface area contributed by atoms with Crippen LogP contribution in [0.2, 0.25) is 5.02 Å². The maximum atomic E-state index is 12.1. The summed E-state index contributed by atoms with van der Waals surface area (Å²) in [5.41, 5.74) is 7.25. The molecule has 1 aromatic carbocycles. The molecule has 0 saturated carbocycles. The Morgan fingerprint density at radius 1 is 1.42 bits per heavy atom. The van der Waals surface area contributed by atoms with Crippen LogP contribution >= 0.6 is 11.6 Å². The van der Waals surface area contributed by atoms with Crippen molar-refractivity contribution in [1.29, 1.82) is 0 Å². The highest BCUT2D eigenvalue weighted by molar-refractivity contribution is 6.31. The lowest BCUT2D eigenvalue weighted by atomic mass is 10.2. The maximum Gasteiger partial charge on any atom is 0.319 e. The number of carbonyl (C=O) groups excluding carboxylic acids is 1. The van der Waals surface area contributed by atoms with E-state index in [0.717, 1.165) is 24.3 Å². The molecular weight excluding hydrogens is 328 g/mol. The van der Waals surface area contributed by atoms with Crippen molar-refractivity contribution in [3.63, 3.8) is 0 Å². The molecule has 0 radical (unpaired) electrons. The van der Waals surface area contributed by atoms with Crippen LogP contribution in [0.5, 0.6) is 0 Å². The third-order valence-corrected chi connectivity index (χ3v) is 4.34. The lowest BCUT2D eigenvalue weighted by Gasteiger charge is -2.18. The van der Waals surface area contributed by atoms with Gasteiger partial charge >= 0.3 is 6.03 Å². The van der Waals surface area contributed by atoms with E-state index < -0.39 is 0 Å². The van der Waals surface area contributed by atoms with Gasteiger partial charge in [-0.2, -0.15) is 4.98 Å². The van der Waals surface area contributed by atoms with Crippen LogP contribution in [0.15, 0.2) is 30.5 Å². The standard InChI is InChI=1S/C16H19ClN6O/c1-10-2-3-11(8-13(10)17)20-16(24)21-12-5-7-23(9-12)14-4-6-19-15(18)22-14/h2-4,6,8,12H,5,7,9H2,1H3,(H2,18,19,22)(H2,20,21,24)/t12-/m0/s1. The summed E-state index contributed by atoms with van der Waals surface area (Å²) in [5, 5.41) is 6.39. The SMILES string of the molecule is Cc1ccc(NC(=O)N[C@H]2CCN(c3ccnc(N)n3)C2)cc1Cl. The van der Waals surface area contributed by atoms with Crippen LogP contribution in [0, 0.1) is 6.92 Å². The largest absolute Gasteiger partial charge is 0.368 e. The number of amides is 2. The molecule has 1 aromatic heterocycles. The molecule has 8 heteroatoms. The molecule has 24 heavy (non-hydrogen) atoms. The molecule has 1 aliphatic heterocycles. The Labute approximate surface area is 145 Å². The zero-order valence-corrected chi connectivity index (χ0v) is 14.0. The van der Waals surface area contributed by atoms with Gasteiger partial charge in [0.25, 0.3) is 0 Å². The van der Waals surface area contributed by atoms with Crippen LogP contribution < -0.4 is 21.3 Å². The minimum atomic E-state index is -0.246. The lowest BCUT2D eigenvalue weighted by molar-refractivity contribution is 0.249. The van der Waals surface area contributed by atoms with E-state index in [1.807, 2.05) is 25.1 Å². The Morgan fingerprint density at radius 3 is 3.00 bits per heavy atom. The van der Waals surface area contributed by atoms with E-state index in [0.29, 0.717) is 17.3 Å². The molecule has 0 spiro atoms. The molecule has 4 N–H and O–H groups in total. The summed E-state index contributed by atoms with van der Waals surface area (Å²) in [6.07, 6.45) is 2.47. The second-order valence-electron chi connectivity index (χ2n) is 5.77. The summed E-state index contributed by atoms with van der Waals surface area (Å²) in [5.74, 6) is 1.02. The van der Waals surface area contributed by atoms with E-state index in [-0.39, 0.29) is 18.0 Å². The first-order chi connectivity index (χ1) is 11.5. The Hall–Kier alpha value is -2.54. The van der Waals surface area contributed by atoms with Gasteiger partial charge in [0.1, 0.15) is 5.82 Å². The fourth-order valence-corrected chi connectivity index (χ4v) is 2.83. The Balaban J connectivity index is 1.55. The smallest absolute Gasteiger partial charge is 0.319 e. The highest BCUT2D eigenvalue weighted by Crippen LogP contribution is 2.21. The van der Waals surface area contributed by atoms with Crippen molar-refractivity contribution in [3.8, 4) is 0 Å². The number of hydrogen-bond donors (Lipinski definition) is 3. The fourth-order valence-electron chi connectivity index (χ4n) is 2.65. The number of aromatic nitrogens is 2. The number of nitrogens with one attached hydrogen (secondary N) is 2.